The molecule has 0 heteroatoms. The van der Waals surface area contributed by atoms with E-state index in [0.29, 0.717) is 0 Å². The quantitative estimate of drug-likeness (QED) is 0.538. The van der Waals surface area contributed by atoms with Crippen LogP contribution in [0.15, 0.2) is 36.4 Å². The molecule has 0 amide bonds. The van der Waals surface area contributed by atoms with Gasteiger partial charge in [-0.15, -0.1) is 0 Å². The summed E-state index contributed by atoms with van der Waals surface area (Å²) < 4.78 is 0. The van der Waals surface area contributed by atoms with Gasteiger partial charge in [-0.1, -0.05) is 98.2 Å². The van der Waals surface area contributed by atoms with Gasteiger partial charge in [-0.2, -0.15) is 0 Å². The number of rotatable bonds is 2. The fourth-order valence-electron chi connectivity index (χ4n) is 4.32. The van der Waals surface area contributed by atoms with Crippen molar-refractivity contribution < 1.29 is 0 Å². The second-order valence-electron chi connectivity index (χ2n) is 10.1. The van der Waals surface area contributed by atoms with Crippen LogP contribution in [0.2, 0.25) is 0 Å². The molecule has 0 bridgehead atoms. The van der Waals surface area contributed by atoms with E-state index in [2.05, 4.69) is 91.8 Å². The Kier molecular flexibility index (Phi) is 4.18. The molecule has 3 rings (SSSR count). The molecule has 0 N–H and O–H groups in total. The number of fused-ring (bicyclic) bond motifs is 3. The van der Waals surface area contributed by atoms with Gasteiger partial charge in [0.2, 0.25) is 0 Å². The van der Waals surface area contributed by atoms with Crippen LogP contribution in [-0.4, -0.2) is 0 Å². The summed E-state index contributed by atoms with van der Waals surface area (Å²) in [6.07, 6.45) is 2.41. The minimum absolute atomic E-state index is 0.127. The third kappa shape index (κ3) is 2.94. The highest BCUT2D eigenvalue weighted by molar-refractivity contribution is 5.81. The van der Waals surface area contributed by atoms with Crippen LogP contribution in [0.4, 0.5) is 0 Å². The van der Waals surface area contributed by atoms with E-state index in [1.807, 2.05) is 0 Å². The topological polar surface area (TPSA) is 0 Å². The lowest BCUT2D eigenvalue weighted by Crippen LogP contribution is -2.22. The normalized spacial score (nSPS) is 15.8. The zero-order valence-corrected chi connectivity index (χ0v) is 17.4. The van der Waals surface area contributed by atoms with Gasteiger partial charge in [0, 0.05) is 5.41 Å². The van der Waals surface area contributed by atoms with E-state index in [1.165, 1.54) is 46.2 Å². The van der Waals surface area contributed by atoms with Gasteiger partial charge in [-0.05, 0) is 50.6 Å². The fraction of sp³-hybridized carbons (Fsp3) is 0.520. The van der Waals surface area contributed by atoms with Crippen LogP contribution < -0.4 is 0 Å². The standard InChI is InChI=1S/C25H34/c1-9-14-25(8)21-15-17(23(2,3)4)10-12-19(21)20-13-11-18(16-22(20)25)24(5,6)7/h10-13,15-16H,9,14H2,1-8H3. The zero-order valence-electron chi connectivity index (χ0n) is 17.4. The summed E-state index contributed by atoms with van der Waals surface area (Å²) in [5.41, 5.74) is 9.34. The fourth-order valence-corrected chi connectivity index (χ4v) is 4.32. The van der Waals surface area contributed by atoms with Crippen LogP contribution in [0, 0.1) is 0 Å². The van der Waals surface area contributed by atoms with Crippen LogP contribution in [0.25, 0.3) is 11.1 Å². The SMILES string of the molecule is CCCC1(C)c2cc(C(C)(C)C)ccc2-c2ccc(C(C)(C)C)cc21. The van der Waals surface area contributed by atoms with Crippen LogP contribution in [0.3, 0.4) is 0 Å². The summed E-state index contributed by atoms with van der Waals surface area (Å²) >= 11 is 0. The maximum atomic E-state index is 2.49. The van der Waals surface area contributed by atoms with Gasteiger partial charge in [0.15, 0.2) is 0 Å². The van der Waals surface area contributed by atoms with E-state index in [0.717, 1.165) is 0 Å². The lowest BCUT2D eigenvalue weighted by molar-refractivity contribution is 0.516. The molecule has 0 nitrogen and oxygen atoms in total. The Morgan fingerprint density at radius 2 is 1.12 bits per heavy atom. The Morgan fingerprint density at radius 1 is 0.720 bits per heavy atom. The second kappa shape index (κ2) is 5.73. The Balaban J connectivity index is 2.26. The number of benzene rings is 2. The minimum Gasteiger partial charge on any atom is -0.0653 e. The molecule has 134 valence electrons. The molecule has 0 radical (unpaired) electrons. The van der Waals surface area contributed by atoms with Crippen molar-refractivity contribution in [3.63, 3.8) is 0 Å². The molecule has 2 aromatic carbocycles. The largest absolute Gasteiger partial charge is 0.0653 e. The zero-order chi connectivity index (χ0) is 18.6. The Morgan fingerprint density at radius 3 is 1.44 bits per heavy atom. The third-order valence-corrected chi connectivity index (χ3v) is 6.00. The van der Waals surface area contributed by atoms with Gasteiger partial charge in [0.25, 0.3) is 0 Å². The number of hydrogen-bond acceptors (Lipinski definition) is 0. The summed E-state index contributed by atoms with van der Waals surface area (Å²) in [5.74, 6) is 0. The van der Waals surface area contributed by atoms with E-state index in [9.17, 15) is 0 Å². The predicted octanol–water partition coefficient (Wildman–Crippen LogP) is 7.37. The average molecular weight is 335 g/mol. The van der Waals surface area contributed by atoms with E-state index in [-0.39, 0.29) is 16.2 Å². The molecule has 0 unspecified atom stereocenters. The van der Waals surface area contributed by atoms with Crippen LogP contribution in [0.5, 0.6) is 0 Å². The molecule has 1 aliphatic rings. The van der Waals surface area contributed by atoms with E-state index >= 15 is 0 Å². The van der Waals surface area contributed by atoms with E-state index in [4.69, 9.17) is 0 Å². The monoisotopic (exact) mass is 334 g/mol. The van der Waals surface area contributed by atoms with Gasteiger partial charge in [-0.25, -0.2) is 0 Å². The minimum atomic E-state index is 0.127. The molecule has 0 aromatic heterocycles. The summed E-state index contributed by atoms with van der Waals surface area (Å²) in [6, 6.07) is 14.4. The van der Waals surface area contributed by atoms with Gasteiger partial charge >= 0.3 is 0 Å². The van der Waals surface area contributed by atoms with Gasteiger partial charge < -0.3 is 0 Å². The van der Waals surface area contributed by atoms with Gasteiger partial charge in [-0.3, -0.25) is 0 Å². The smallest absolute Gasteiger partial charge is 0.0187 e. The third-order valence-electron chi connectivity index (χ3n) is 6.00. The first-order valence-corrected chi connectivity index (χ1v) is 9.79. The summed E-state index contributed by atoms with van der Waals surface area (Å²) in [5, 5.41) is 0. The van der Waals surface area contributed by atoms with Crippen molar-refractivity contribution in [2.75, 3.05) is 0 Å². The average Bonchev–Trinajstić information content (AvgIpc) is 2.75. The lowest BCUT2D eigenvalue weighted by Gasteiger charge is -2.30. The van der Waals surface area contributed by atoms with Crippen LogP contribution >= 0.6 is 0 Å². The van der Waals surface area contributed by atoms with Crippen LogP contribution in [-0.2, 0) is 16.2 Å². The second-order valence-corrected chi connectivity index (χ2v) is 10.1. The summed E-state index contributed by atoms with van der Waals surface area (Å²) in [7, 11) is 0. The molecule has 0 heterocycles. The highest BCUT2D eigenvalue weighted by atomic mass is 14.4. The number of hydrogen-bond donors (Lipinski definition) is 0. The molecule has 25 heavy (non-hydrogen) atoms. The van der Waals surface area contributed by atoms with Crippen molar-refractivity contribution in [1.29, 1.82) is 0 Å². The van der Waals surface area contributed by atoms with Crippen molar-refractivity contribution >= 4 is 0 Å². The Bertz CT molecular complexity index is 730. The predicted molar refractivity (Wildman–Crippen MR) is 111 cm³/mol. The first-order valence-electron chi connectivity index (χ1n) is 9.79. The first kappa shape index (κ1) is 18.2. The maximum Gasteiger partial charge on any atom is 0.0187 e. The van der Waals surface area contributed by atoms with Crippen molar-refractivity contribution in [3.8, 4) is 11.1 Å². The van der Waals surface area contributed by atoms with Crippen LogP contribution in [0.1, 0.15) is 90.5 Å². The van der Waals surface area contributed by atoms with Gasteiger partial charge in [0.1, 0.15) is 0 Å². The molecule has 0 saturated heterocycles. The lowest BCUT2D eigenvalue weighted by atomic mass is 9.73. The molecule has 0 spiro atoms. The summed E-state index contributed by atoms with van der Waals surface area (Å²) in [6.45, 7) is 18.6. The molecular formula is C25H34. The van der Waals surface area contributed by atoms with Gasteiger partial charge in [0.05, 0.1) is 0 Å². The summed E-state index contributed by atoms with van der Waals surface area (Å²) in [4.78, 5) is 0. The maximum absolute atomic E-state index is 2.49. The van der Waals surface area contributed by atoms with Crippen molar-refractivity contribution in [2.24, 2.45) is 0 Å². The highest BCUT2D eigenvalue weighted by Gasteiger charge is 2.39. The Labute approximate surface area is 154 Å². The molecule has 0 fully saturated rings. The van der Waals surface area contributed by atoms with E-state index < -0.39 is 0 Å². The molecule has 2 aromatic rings. The molecular weight excluding hydrogens is 300 g/mol. The first-order chi connectivity index (χ1) is 11.5. The molecule has 1 aliphatic carbocycles. The van der Waals surface area contributed by atoms with Crippen molar-refractivity contribution in [2.45, 2.75) is 84.5 Å². The molecule has 0 atom stereocenters. The van der Waals surface area contributed by atoms with Crippen molar-refractivity contribution in [1.82, 2.24) is 0 Å². The molecule has 0 aliphatic heterocycles. The van der Waals surface area contributed by atoms with E-state index in [1.54, 1.807) is 0 Å². The highest BCUT2D eigenvalue weighted by Crippen LogP contribution is 2.52. The Hall–Kier alpha value is -1.56. The molecule has 0 saturated carbocycles. The van der Waals surface area contributed by atoms with Crippen molar-refractivity contribution in [3.05, 3.63) is 58.7 Å².